The zero-order valence-corrected chi connectivity index (χ0v) is 19.4. The third-order valence-electron chi connectivity index (χ3n) is 5.82. The number of imidazole rings is 1. The summed E-state index contributed by atoms with van der Waals surface area (Å²) in [5.74, 6) is -2.90. The number of nitrogens with zero attached hydrogens (tertiary/aromatic N) is 4. The molecule has 7 nitrogen and oxygen atoms in total. The van der Waals surface area contributed by atoms with Crippen molar-refractivity contribution < 1.29 is 23.0 Å². The molecule has 0 saturated heterocycles. The molecule has 0 fully saturated rings. The van der Waals surface area contributed by atoms with Crippen LogP contribution in [0.3, 0.4) is 0 Å². The molecule has 1 atom stereocenters. The topological polar surface area (TPSA) is 88.9 Å². The van der Waals surface area contributed by atoms with Crippen LogP contribution in [-0.4, -0.2) is 43.6 Å². The van der Waals surface area contributed by atoms with Gasteiger partial charge in [0.1, 0.15) is 17.4 Å². The largest absolute Gasteiger partial charge is 0.495 e. The van der Waals surface area contributed by atoms with Crippen molar-refractivity contribution >= 4 is 0 Å². The van der Waals surface area contributed by atoms with Gasteiger partial charge in [-0.3, -0.25) is 0 Å². The summed E-state index contributed by atoms with van der Waals surface area (Å²) in [6.07, 6.45) is 5.58. The summed E-state index contributed by atoms with van der Waals surface area (Å²) in [5.41, 5.74) is 3.04. The number of ether oxygens (including phenoxy) is 1. The first-order valence-electron chi connectivity index (χ1n) is 11.2. The number of rotatable bonds is 10. The second-order valence-electron chi connectivity index (χ2n) is 8.30. The Morgan fingerprint density at radius 3 is 2.51 bits per heavy atom. The van der Waals surface area contributed by atoms with E-state index >= 15 is 0 Å². The van der Waals surface area contributed by atoms with E-state index < -0.39 is 23.4 Å². The second kappa shape index (κ2) is 10.7. The lowest BCUT2D eigenvalue weighted by molar-refractivity contribution is 0.281. The van der Waals surface area contributed by atoms with Crippen LogP contribution in [0.5, 0.6) is 5.75 Å². The van der Waals surface area contributed by atoms with Gasteiger partial charge in [0.2, 0.25) is 0 Å². The molecule has 1 unspecified atom stereocenters. The number of hydrogen-bond acceptors (Lipinski definition) is 5. The monoisotopic (exact) mass is 485 g/mol. The first-order valence-corrected chi connectivity index (χ1v) is 11.2. The lowest BCUT2D eigenvalue weighted by Gasteiger charge is -2.15. The van der Waals surface area contributed by atoms with Crippen LogP contribution in [0.1, 0.15) is 47.2 Å². The summed E-state index contributed by atoms with van der Waals surface area (Å²) in [7, 11) is 1.61. The van der Waals surface area contributed by atoms with Crippen LogP contribution < -0.4 is 4.74 Å². The summed E-state index contributed by atoms with van der Waals surface area (Å²) in [5, 5.41) is 17.6. The molecule has 0 spiro atoms. The van der Waals surface area contributed by atoms with E-state index in [2.05, 4.69) is 20.2 Å². The third-order valence-corrected chi connectivity index (χ3v) is 5.82. The Morgan fingerprint density at radius 2 is 1.86 bits per heavy atom. The van der Waals surface area contributed by atoms with Crippen molar-refractivity contribution in [1.82, 2.24) is 24.7 Å². The van der Waals surface area contributed by atoms with Crippen molar-refractivity contribution in [2.45, 2.75) is 38.5 Å². The SMILES string of the molecule is COc1cc(CCc2nnc(C(CCCO)c3cc(F)c(F)c(F)c3)[nH]2)ccc1-n1cnc(C)c1. The van der Waals surface area contributed by atoms with Crippen LogP contribution in [0, 0.1) is 24.4 Å². The van der Waals surface area contributed by atoms with Gasteiger partial charge in [-0.25, -0.2) is 18.2 Å². The van der Waals surface area contributed by atoms with E-state index in [9.17, 15) is 18.3 Å². The molecule has 4 aromatic rings. The lowest BCUT2D eigenvalue weighted by atomic mass is 9.93. The molecule has 0 aliphatic rings. The molecule has 2 N–H and O–H groups in total. The summed E-state index contributed by atoms with van der Waals surface area (Å²) < 4.78 is 48.5. The van der Waals surface area contributed by atoms with Crippen molar-refractivity contribution in [1.29, 1.82) is 0 Å². The molecule has 35 heavy (non-hydrogen) atoms. The predicted molar refractivity (Wildman–Crippen MR) is 123 cm³/mol. The number of methoxy groups -OCH3 is 1. The second-order valence-corrected chi connectivity index (χ2v) is 8.30. The van der Waals surface area contributed by atoms with Crippen molar-refractivity contribution in [2.24, 2.45) is 0 Å². The number of hydrogen-bond donors (Lipinski definition) is 2. The fourth-order valence-electron chi connectivity index (χ4n) is 4.02. The van der Waals surface area contributed by atoms with Gasteiger partial charge in [0.25, 0.3) is 0 Å². The van der Waals surface area contributed by atoms with E-state index in [0.29, 0.717) is 43.1 Å². The van der Waals surface area contributed by atoms with Gasteiger partial charge >= 0.3 is 0 Å². The summed E-state index contributed by atoms with van der Waals surface area (Å²) in [6, 6.07) is 7.83. The number of aromatic nitrogens is 5. The summed E-state index contributed by atoms with van der Waals surface area (Å²) in [6.45, 7) is 1.82. The van der Waals surface area contributed by atoms with Gasteiger partial charge in [-0.1, -0.05) is 6.07 Å². The average molecular weight is 486 g/mol. The molecular weight excluding hydrogens is 459 g/mol. The number of aliphatic hydroxyl groups excluding tert-OH is 1. The fourth-order valence-corrected chi connectivity index (χ4v) is 4.02. The highest BCUT2D eigenvalue weighted by atomic mass is 19.2. The molecule has 0 radical (unpaired) electrons. The number of aliphatic hydroxyl groups is 1. The maximum Gasteiger partial charge on any atom is 0.194 e. The number of halogens is 3. The highest BCUT2D eigenvalue weighted by molar-refractivity contribution is 5.49. The molecule has 10 heteroatoms. The Bertz CT molecular complexity index is 1280. The van der Waals surface area contributed by atoms with Gasteiger partial charge in [-0.15, -0.1) is 10.2 Å². The number of H-pyrrole nitrogens is 1. The normalized spacial score (nSPS) is 12.2. The lowest BCUT2D eigenvalue weighted by Crippen LogP contribution is -2.07. The molecule has 0 amide bonds. The zero-order valence-electron chi connectivity index (χ0n) is 19.4. The Hall–Kier alpha value is -3.66. The van der Waals surface area contributed by atoms with E-state index in [4.69, 9.17) is 4.74 Å². The first-order chi connectivity index (χ1) is 16.9. The molecule has 0 aliphatic carbocycles. The van der Waals surface area contributed by atoms with Crippen LogP contribution >= 0.6 is 0 Å². The van der Waals surface area contributed by atoms with Gasteiger partial charge < -0.3 is 19.4 Å². The highest BCUT2D eigenvalue weighted by Crippen LogP contribution is 2.30. The van der Waals surface area contributed by atoms with Gasteiger partial charge in [0.05, 0.1) is 24.8 Å². The average Bonchev–Trinajstić information content (AvgIpc) is 3.50. The predicted octanol–water partition coefficient (Wildman–Crippen LogP) is 4.41. The molecule has 0 bridgehead atoms. The summed E-state index contributed by atoms with van der Waals surface area (Å²) in [4.78, 5) is 7.38. The Morgan fingerprint density at radius 1 is 1.09 bits per heavy atom. The molecule has 2 aromatic carbocycles. The molecule has 0 aliphatic heterocycles. The maximum absolute atomic E-state index is 13.8. The number of aromatic amines is 1. The van der Waals surface area contributed by atoms with Crippen molar-refractivity contribution in [3.05, 3.63) is 88.8 Å². The molecular formula is C25H26F3N5O2. The van der Waals surface area contributed by atoms with Crippen LogP contribution in [0.4, 0.5) is 13.2 Å². The molecule has 4 rings (SSSR count). The van der Waals surface area contributed by atoms with E-state index in [0.717, 1.165) is 29.1 Å². The minimum absolute atomic E-state index is 0.0971. The number of aryl methyl sites for hydroxylation is 3. The quantitative estimate of drug-likeness (QED) is 0.325. The minimum atomic E-state index is -1.52. The van der Waals surface area contributed by atoms with Gasteiger partial charge in [0.15, 0.2) is 17.5 Å². The molecule has 0 saturated carbocycles. The van der Waals surface area contributed by atoms with E-state index in [1.54, 1.807) is 13.4 Å². The van der Waals surface area contributed by atoms with Crippen LogP contribution in [0.2, 0.25) is 0 Å². The smallest absolute Gasteiger partial charge is 0.194 e. The number of benzene rings is 2. The van der Waals surface area contributed by atoms with Crippen molar-refractivity contribution in [2.75, 3.05) is 13.7 Å². The van der Waals surface area contributed by atoms with E-state index in [-0.39, 0.29) is 12.2 Å². The Balaban J connectivity index is 1.50. The van der Waals surface area contributed by atoms with Crippen LogP contribution in [0.25, 0.3) is 5.69 Å². The molecule has 2 heterocycles. The van der Waals surface area contributed by atoms with Gasteiger partial charge in [0, 0.05) is 25.1 Å². The van der Waals surface area contributed by atoms with Crippen molar-refractivity contribution in [3.8, 4) is 11.4 Å². The Labute approximate surface area is 200 Å². The zero-order chi connectivity index (χ0) is 24.9. The van der Waals surface area contributed by atoms with Gasteiger partial charge in [-0.2, -0.15) is 0 Å². The first kappa shape index (κ1) is 24.5. The Kier molecular flexibility index (Phi) is 7.50. The summed E-state index contributed by atoms with van der Waals surface area (Å²) >= 11 is 0. The third kappa shape index (κ3) is 5.54. The molecule has 184 valence electrons. The van der Waals surface area contributed by atoms with E-state index in [1.807, 2.05) is 35.9 Å². The minimum Gasteiger partial charge on any atom is -0.495 e. The maximum atomic E-state index is 13.8. The fraction of sp³-hybridized carbons (Fsp3) is 0.320. The number of nitrogens with one attached hydrogen (secondary N) is 1. The van der Waals surface area contributed by atoms with E-state index in [1.165, 1.54) is 0 Å². The molecule has 2 aromatic heterocycles. The highest BCUT2D eigenvalue weighted by Gasteiger charge is 2.22. The van der Waals surface area contributed by atoms with Crippen molar-refractivity contribution in [3.63, 3.8) is 0 Å². The standard InChI is InChI=1S/C25H26F3N5O2/c1-15-13-33(14-29-15)21-7-5-16(10-22(21)35-2)6-8-23-30-25(32-31-23)18(4-3-9-34)17-11-19(26)24(28)20(27)12-17/h5,7,10-14,18,34H,3-4,6,8-9H2,1-2H3,(H,30,31,32). The van der Waals surface area contributed by atoms with Gasteiger partial charge in [-0.05, 0) is 61.6 Å². The van der Waals surface area contributed by atoms with Crippen LogP contribution in [-0.2, 0) is 12.8 Å². The van der Waals surface area contributed by atoms with Crippen LogP contribution in [0.15, 0.2) is 42.9 Å².